The molecule has 0 aliphatic rings. The molecule has 0 spiro atoms. The molecule has 0 aromatic heterocycles. The molecule has 0 heterocycles. The van der Waals surface area contributed by atoms with Crippen molar-refractivity contribution in [3.8, 4) is 34.5 Å². The molecule has 1 unspecified atom stereocenters. The Labute approximate surface area is 183 Å². The van der Waals surface area contributed by atoms with Crippen LogP contribution < -0.4 is 18.9 Å². The largest absolute Gasteiger partial charge is 0.612 e. The minimum Gasteiger partial charge on any atom is -0.612 e. The molecule has 8 nitrogen and oxygen atoms in total. The average molecular weight is 448 g/mol. The van der Waals surface area contributed by atoms with Crippen molar-refractivity contribution in [1.82, 2.24) is 0 Å². The Morgan fingerprint density at radius 3 is 1.61 bits per heavy atom. The number of ether oxygens (including phenoxy) is 4. The topological polar surface area (TPSA) is 118 Å². The van der Waals surface area contributed by atoms with E-state index in [1.165, 1.54) is 76.3 Å². The molecule has 0 saturated carbocycles. The first-order valence-electron chi connectivity index (χ1n) is 8.99. The van der Waals surface area contributed by atoms with E-state index in [1.54, 1.807) is 0 Å². The van der Waals surface area contributed by atoms with Gasteiger partial charge in [0, 0.05) is 30.3 Å². The third-order valence-corrected chi connectivity index (χ3v) is 5.17. The van der Waals surface area contributed by atoms with Crippen molar-refractivity contribution in [1.29, 1.82) is 0 Å². The van der Waals surface area contributed by atoms with E-state index in [0.717, 1.165) is 0 Å². The first kappa shape index (κ1) is 24.0. The number of ketones is 1. The molecular weight excluding hydrogens is 424 g/mol. The molecule has 166 valence electrons. The maximum absolute atomic E-state index is 12.4. The third kappa shape index (κ3) is 6.34. The molecule has 2 aromatic rings. The van der Waals surface area contributed by atoms with Gasteiger partial charge in [0.05, 0.1) is 39.6 Å². The van der Waals surface area contributed by atoms with Gasteiger partial charge in [-0.05, 0) is 23.3 Å². The van der Waals surface area contributed by atoms with Crippen molar-refractivity contribution in [3.63, 3.8) is 0 Å². The first-order chi connectivity index (χ1) is 14.8. The Kier molecular flexibility index (Phi) is 8.65. The molecule has 31 heavy (non-hydrogen) atoms. The number of phenolic OH excluding ortho intramolecular Hbond substituents is 2. The fourth-order valence-electron chi connectivity index (χ4n) is 2.74. The highest BCUT2D eigenvalue weighted by atomic mass is 32.2. The highest BCUT2D eigenvalue weighted by Crippen LogP contribution is 2.35. The number of hydrogen-bond donors (Lipinski definition) is 2. The fraction of sp³-hybridized carbons (Fsp3) is 0.227. The highest BCUT2D eigenvalue weighted by molar-refractivity contribution is 7.95. The Hall–Kier alpha value is -3.30. The number of carbonyl (C=O) groups is 1. The van der Waals surface area contributed by atoms with Crippen LogP contribution in [-0.4, -0.2) is 54.7 Å². The summed E-state index contributed by atoms with van der Waals surface area (Å²) in [5.74, 6) is 0.617. The lowest BCUT2D eigenvalue weighted by Gasteiger charge is -2.11. The molecule has 0 aliphatic heterocycles. The predicted octanol–water partition coefficient (Wildman–Crippen LogP) is 3.13. The molecule has 0 amide bonds. The molecule has 0 fully saturated rings. The predicted molar refractivity (Wildman–Crippen MR) is 119 cm³/mol. The Bertz CT molecular complexity index is 933. The fourth-order valence-corrected chi connectivity index (χ4v) is 3.50. The van der Waals surface area contributed by atoms with E-state index >= 15 is 0 Å². The number of allylic oxidation sites excluding steroid dienone is 1. The smallest absolute Gasteiger partial charge is 0.205 e. The van der Waals surface area contributed by atoms with Crippen LogP contribution in [-0.2, 0) is 16.0 Å². The SMILES string of the molecule is COc1cc(O)cc(OC)c1C=CC(=O)C[S+]([O-])C=Cc1c(OC)cc(O)cc1OC. The Balaban J connectivity index is 2.14. The molecular formula is C22H24O8S. The number of aromatic hydroxyl groups is 2. The summed E-state index contributed by atoms with van der Waals surface area (Å²) in [4.78, 5) is 12.3. The summed E-state index contributed by atoms with van der Waals surface area (Å²) in [7, 11) is 5.73. The van der Waals surface area contributed by atoms with Gasteiger partial charge in [-0.15, -0.1) is 0 Å². The molecule has 0 bridgehead atoms. The minimum atomic E-state index is -1.61. The number of phenols is 2. The maximum Gasteiger partial charge on any atom is 0.205 e. The first-order valence-corrected chi connectivity index (χ1v) is 10.4. The second-order valence-corrected chi connectivity index (χ2v) is 7.48. The molecule has 9 heteroatoms. The summed E-state index contributed by atoms with van der Waals surface area (Å²) in [5.41, 5.74) is 0.953. The van der Waals surface area contributed by atoms with E-state index in [1.807, 2.05) is 0 Å². The normalized spacial score (nSPS) is 12.2. The summed E-state index contributed by atoms with van der Waals surface area (Å²) >= 11 is -1.61. The van der Waals surface area contributed by atoms with Crippen molar-refractivity contribution in [2.45, 2.75) is 0 Å². The lowest BCUT2D eigenvalue weighted by Crippen LogP contribution is -2.11. The van der Waals surface area contributed by atoms with Crippen LogP contribution in [0, 0.1) is 0 Å². The van der Waals surface area contributed by atoms with Gasteiger partial charge in [-0.25, -0.2) is 0 Å². The Morgan fingerprint density at radius 2 is 1.23 bits per heavy atom. The van der Waals surface area contributed by atoms with Gasteiger partial charge in [0.15, 0.2) is 5.75 Å². The zero-order valence-corrected chi connectivity index (χ0v) is 18.4. The van der Waals surface area contributed by atoms with Crippen molar-refractivity contribution in [3.05, 3.63) is 46.9 Å². The summed E-state index contributed by atoms with van der Waals surface area (Å²) in [6.07, 6.45) is 4.26. The molecule has 0 aliphatic carbocycles. The van der Waals surface area contributed by atoms with E-state index in [-0.39, 0.29) is 23.0 Å². The average Bonchev–Trinajstić information content (AvgIpc) is 2.75. The number of carbonyl (C=O) groups excluding carboxylic acids is 1. The van der Waals surface area contributed by atoms with Gasteiger partial charge >= 0.3 is 0 Å². The number of rotatable bonds is 10. The Morgan fingerprint density at radius 1 is 0.839 bits per heavy atom. The minimum absolute atomic E-state index is 0.0348. The molecule has 1 atom stereocenters. The van der Waals surface area contributed by atoms with Crippen LogP contribution in [0.25, 0.3) is 12.2 Å². The van der Waals surface area contributed by atoms with Crippen molar-refractivity contribution >= 4 is 29.1 Å². The van der Waals surface area contributed by atoms with E-state index in [2.05, 4.69) is 0 Å². The van der Waals surface area contributed by atoms with Crippen LogP contribution >= 0.6 is 0 Å². The third-order valence-electron chi connectivity index (χ3n) is 4.16. The number of methoxy groups -OCH3 is 4. The van der Waals surface area contributed by atoms with Crippen LogP contribution in [0.4, 0.5) is 0 Å². The zero-order valence-electron chi connectivity index (χ0n) is 17.6. The second kappa shape index (κ2) is 11.2. The maximum atomic E-state index is 12.4. The van der Waals surface area contributed by atoms with Gasteiger partial charge in [0.25, 0.3) is 0 Å². The van der Waals surface area contributed by atoms with E-state index in [9.17, 15) is 19.6 Å². The van der Waals surface area contributed by atoms with Gasteiger partial charge < -0.3 is 33.7 Å². The van der Waals surface area contributed by atoms with Crippen molar-refractivity contribution in [2.24, 2.45) is 0 Å². The van der Waals surface area contributed by atoms with Gasteiger partial charge in [0.1, 0.15) is 39.9 Å². The molecule has 2 N–H and O–H groups in total. The van der Waals surface area contributed by atoms with Crippen molar-refractivity contribution in [2.75, 3.05) is 34.2 Å². The van der Waals surface area contributed by atoms with Gasteiger partial charge in [-0.1, -0.05) is 0 Å². The van der Waals surface area contributed by atoms with E-state index in [0.29, 0.717) is 34.1 Å². The van der Waals surface area contributed by atoms with Crippen molar-refractivity contribution < 1.29 is 38.5 Å². The van der Waals surface area contributed by atoms with Gasteiger partial charge in [-0.2, -0.15) is 0 Å². The molecule has 2 rings (SSSR count). The number of benzene rings is 2. The monoisotopic (exact) mass is 448 g/mol. The van der Waals surface area contributed by atoms with Crippen LogP contribution in [0.15, 0.2) is 35.7 Å². The molecule has 0 saturated heterocycles. The highest BCUT2D eigenvalue weighted by Gasteiger charge is 2.14. The van der Waals surface area contributed by atoms with Crippen LogP contribution in [0.1, 0.15) is 11.1 Å². The molecule has 0 radical (unpaired) electrons. The second-order valence-electron chi connectivity index (χ2n) is 6.16. The van der Waals surface area contributed by atoms with E-state index < -0.39 is 11.2 Å². The quantitative estimate of drug-likeness (QED) is 0.421. The molecule has 2 aromatic carbocycles. The lowest BCUT2D eigenvalue weighted by atomic mass is 10.1. The van der Waals surface area contributed by atoms with Gasteiger partial charge in [0.2, 0.25) is 5.78 Å². The van der Waals surface area contributed by atoms with Crippen LogP contribution in [0.3, 0.4) is 0 Å². The summed E-state index contributed by atoms with van der Waals surface area (Å²) in [6.45, 7) is 0. The van der Waals surface area contributed by atoms with E-state index in [4.69, 9.17) is 18.9 Å². The van der Waals surface area contributed by atoms with Crippen LogP contribution in [0.5, 0.6) is 34.5 Å². The summed E-state index contributed by atoms with van der Waals surface area (Å²) in [5, 5.41) is 20.7. The number of hydrogen-bond acceptors (Lipinski definition) is 8. The summed E-state index contributed by atoms with van der Waals surface area (Å²) in [6, 6.07) is 5.59. The van der Waals surface area contributed by atoms with Crippen LogP contribution in [0.2, 0.25) is 0 Å². The lowest BCUT2D eigenvalue weighted by molar-refractivity contribution is -0.112. The summed E-state index contributed by atoms with van der Waals surface area (Å²) < 4.78 is 33.2. The van der Waals surface area contributed by atoms with Gasteiger partial charge in [-0.3, -0.25) is 4.79 Å². The standard InChI is InChI=1S/C22H24O8S/c1-27-19-9-15(24)10-20(28-2)17(19)6-5-14(23)13-31(26)8-7-18-21(29-3)11-16(25)12-22(18)30-4/h5-12,24-25H,13H2,1-4H3. The zero-order chi connectivity index (χ0) is 23.0.